The normalized spacial score (nSPS) is 16.3. The molecule has 0 spiro atoms. The number of imide groups is 1. The molecule has 3 heterocycles. The molecule has 208 valence electrons. The monoisotopic (exact) mass is 529 g/mol. The molecule has 3 rings (SSSR count). The minimum atomic E-state index is -0.818. The largest absolute Gasteiger partial charge is 0.443 e. The van der Waals surface area contributed by atoms with Crippen molar-refractivity contribution in [3.05, 3.63) is 35.9 Å². The van der Waals surface area contributed by atoms with E-state index in [4.69, 9.17) is 9.47 Å². The molecule has 38 heavy (non-hydrogen) atoms. The molecule has 0 bridgehead atoms. The van der Waals surface area contributed by atoms with Gasteiger partial charge in [0.25, 0.3) is 0 Å². The quantitative estimate of drug-likeness (QED) is 0.591. The fraction of sp³-hybridized carbons (Fsp3) is 0.615. The first-order chi connectivity index (χ1) is 17.8. The Morgan fingerprint density at radius 1 is 1.00 bits per heavy atom. The minimum Gasteiger partial charge on any atom is -0.443 e. The topological polar surface area (TPSA) is 134 Å². The van der Waals surface area contributed by atoms with Gasteiger partial charge in [-0.3, -0.25) is 0 Å². The summed E-state index contributed by atoms with van der Waals surface area (Å²) < 4.78 is 10.8. The Morgan fingerprint density at radius 2 is 1.61 bits per heavy atom. The molecule has 1 fully saturated rings. The average Bonchev–Trinajstić information content (AvgIpc) is 2.85. The third kappa shape index (κ3) is 7.98. The van der Waals surface area contributed by atoms with Crippen molar-refractivity contribution in [3.8, 4) is 0 Å². The highest BCUT2D eigenvalue weighted by Crippen LogP contribution is 2.21. The summed E-state index contributed by atoms with van der Waals surface area (Å²) in [5, 5.41) is 10.1. The van der Waals surface area contributed by atoms with Gasteiger partial charge in [-0.05, 0) is 54.0 Å². The van der Waals surface area contributed by atoms with Gasteiger partial charge in [0.05, 0.1) is 19.2 Å². The SMILES string of the molecule is CCc1ccnc(N2CCN(c3ncc(CN(C(=O)OC(C)(C)C)C(=O)OC(C)(C)C)cn3)C(CO)C2)n1. The standard InChI is InChI=1S/C26H39N7O5/c1-8-19-9-10-27-22(30-19)31-11-12-32(20(16-31)17-34)21-28-13-18(14-29-21)15-33(23(35)37-25(2,3)4)24(36)38-26(5,6)7/h9-10,13-14,20,34H,8,11-12,15-17H2,1-7H3. The van der Waals surface area contributed by atoms with E-state index in [0.717, 1.165) is 17.0 Å². The molecule has 1 N–H and O–H groups in total. The molecule has 12 heteroatoms. The molecular formula is C26H39N7O5. The van der Waals surface area contributed by atoms with E-state index in [0.29, 0.717) is 37.1 Å². The van der Waals surface area contributed by atoms with Crippen LogP contribution in [0.1, 0.15) is 59.7 Å². The van der Waals surface area contributed by atoms with Crippen molar-refractivity contribution in [1.29, 1.82) is 0 Å². The Balaban J connectivity index is 1.73. The number of aromatic nitrogens is 4. The predicted octanol–water partition coefficient (Wildman–Crippen LogP) is 3.19. The van der Waals surface area contributed by atoms with Crippen molar-refractivity contribution in [1.82, 2.24) is 24.8 Å². The third-order valence-electron chi connectivity index (χ3n) is 5.56. The summed E-state index contributed by atoms with van der Waals surface area (Å²) in [6.07, 6.45) is 4.04. The summed E-state index contributed by atoms with van der Waals surface area (Å²) in [7, 11) is 0. The number of rotatable bonds is 6. The van der Waals surface area contributed by atoms with Gasteiger partial charge >= 0.3 is 12.2 Å². The lowest BCUT2D eigenvalue weighted by Gasteiger charge is -2.40. The Bertz CT molecular complexity index is 1070. The van der Waals surface area contributed by atoms with E-state index in [1.165, 1.54) is 0 Å². The van der Waals surface area contributed by atoms with E-state index < -0.39 is 23.4 Å². The molecular weight excluding hydrogens is 490 g/mol. The lowest BCUT2D eigenvalue weighted by atomic mass is 10.2. The number of aliphatic hydroxyl groups excluding tert-OH is 1. The van der Waals surface area contributed by atoms with Gasteiger partial charge in [-0.1, -0.05) is 6.92 Å². The van der Waals surface area contributed by atoms with Gasteiger partial charge in [-0.25, -0.2) is 34.4 Å². The Labute approximate surface area is 224 Å². The molecule has 2 amide bonds. The van der Waals surface area contributed by atoms with Gasteiger partial charge in [-0.2, -0.15) is 0 Å². The van der Waals surface area contributed by atoms with Crippen LogP contribution in [0.15, 0.2) is 24.7 Å². The van der Waals surface area contributed by atoms with Crippen LogP contribution < -0.4 is 9.80 Å². The first-order valence-electron chi connectivity index (χ1n) is 12.8. The number of nitrogens with zero attached hydrogens (tertiary/aromatic N) is 7. The average molecular weight is 530 g/mol. The highest BCUT2D eigenvalue weighted by molar-refractivity contribution is 5.88. The Hall–Kier alpha value is -3.54. The summed E-state index contributed by atoms with van der Waals surface area (Å²) in [6, 6.07) is 1.63. The third-order valence-corrected chi connectivity index (χ3v) is 5.56. The van der Waals surface area contributed by atoms with Gasteiger partial charge in [0, 0.05) is 49.5 Å². The number of hydrogen-bond donors (Lipinski definition) is 1. The van der Waals surface area contributed by atoms with Crippen molar-refractivity contribution < 1.29 is 24.2 Å². The van der Waals surface area contributed by atoms with E-state index in [9.17, 15) is 14.7 Å². The molecule has 12 nitrogen and oxygen atoms in total. The van der Waals surface area contributed by atoms with E-state index in [-0.39, 0.29) is 19.2 Å². The number of piperazine rings is 1. The molecule has 2 aromatic rings. The van der Waals surface area contributed by atoms with Gasteiger partial charge in [0.2, 0.25) is 11.9 Å². The lowest BCUT2D eigenvalue weighted by molar-refractivity contribution is -0.000279. The molecule has 0 saturated carbocycles. The van der Waals surface area contributed by atoms with Crippen LogP contribution in [-0.2, 0) is 22.4 Å². The van der Waals surface area contributed by atoms with Crippen molar-refractivity contribution in [2.24, 2.45) is 0 Å². The predicted molar refractivity (Wildman–Crippen MR) is 142 cm³/mol. The molecule has 1 atom stereocenters. The van der Waals surface area contributed by atoms with Crippen molar-refractivity contribution in [2.45, 2.75) is 78.7 Å². The van der Waals surface area contributed by atoms with Crippen LogP contribution in [0.3, 0.4) is 0 Å². The number of carbonyl (C=O) groups excluding carboxylic acids is 2. The van der Waals surface area contributed by atoms with Gasteiger partial charge < -0.3 is 24.4 Å². The zero-order valence-corrected chi connectivity index (χ0v) is 23.3. The summed E-state index contributed by atoms with van der Waals surface area (Å²) in [5.74, 6) is 1.08. The second-order valence-corrected chi connectivity index (χ2v) is 11.1. The van der Waals surface area contributed by atoms with Crippen LogP contribution in [-0.4, -0.2) is 85.6 Å². The lowest BCUT2D eigenvalue weighted by Crippen LogP contribution is -2.56. The number of amides is 2. The number of hydrogen-bond acceptors (Lipinski definition) is 11. The van der Waals surface area contributed by atoms with E-state index >= 15 is 0 Å². The van der Waals surface area contributed by atoms with Crippen LogP contribution in [0.25, 0.3) is 0 Å². The molecule has 1 unspecified atom stereocenters. The number of aryl methyl sites for hydroxylation is 1. The van der Waals surface area contributed by atoms with Gasteiger partial charge in [-0.15, -0.1) is 0 Å². The highest BCUT2D eigenvalue weighted by Gasteiger charge is 2.32. The van der Waals surface area contributed by atoms with Crippen LogP contribution in [0.4, 0.5) is 21.5 Å². The second kappa shape index (κ2) is 11.9. The van der Waals surface area contributed by atoms with Crippen LogP contribution in [0, 0.1) is 0 Å². The molecule has 1 saturated heterocycles. The summed E-state index contributed by atoms with van der Waals surface area (Å²) >= 11 is 0. The highest BCUT2D eigenvalue weighted by atomic mass is 16.6. The molecule has 2 aromatic heterocycles. The van der Waals surface area contributed by atoms with E-state index in [1.54, 1.807) is 60.1 Å². The fourth-order valence-electron chi connectivity index (χ4n) is 3.79. The zero-order chi connectivity index (χ0) is 28.1. The maximum absolute atomic E-state index is 12.8. The summed E-state index contributed by atoms with van der Waals surface area (Å²) in [5.41, 5.74) is -0.0949. The maximum Gasteiger partial charge on any atom is 0.420 e. The van der Waals surface area contributed by atoms with E-state index in [2.05, 4.69) is 19.9 Å². The van der Waals surface area contributed by atoms with Crippen molar-refractivity contribution in [3.63, 3.8) is 0 Å². The maximum atomic E-state index is 12.8. The smallest absolute Gasteiger partial charge is 0.420 e. The van der Waals surface area contributed by atoms with Gasteiger partial charge in [0.1, 0.15) is 11.2 Å². The molecule has 0 aromatic carbocycles. The molecule has 1 aliphatic rings. The first kappa shape index (κ1) is 29.0. The summed E-state index contributed by atoms with van der Waals surface area (Å²) in [6.45, 7) is 13.9. The number of ether oxygens (including phenoxy) is 2. The second-order valence-electron chi connectivity index (χ2n) is 11.1. The Morgan fingerprint density at radius 3 is 2.13 bits per heavy atom. The van der Waals surface area contributed by atoms with E-state index in [1.807, 2.05) is 22.8 Å². The molecule has 0 radical (unpaired) electrons. The van der Waals surface area contributed by atoms with Crippen molar-refractivity contribution in [2.75, 3.05) is 36.0 Å². The zero-order valence-electron chi connectivity index (χ0n) is 23.3. The minimum absolute atomic E-state index is 0.0971. The van der Waals surface area contributed by atoms with Crippen molar-refractivity contribution >= 4 is 24.1 Å². The van der Waals surface area contributed by atoms with Gasteiger partial charge in [0.15, 0.2) is 0 Å². The van der Waals surface area contributed by atoms with Crippen LogP contribution in [0.5, 0.6) is 0 Å². The Kier molecular flexibility index (Phi) is 9.08. The fourth-order valence-corrected chi connectivity index (χ4v) is 3.79. The number of aliphatic hydroxyl groups is 1. The molecule has 1 aliphatic heterocycles. The van der Waals surface area contributed by atoms with Crippen LogP contribution in [0.2, 0.25) is 0 Å². The number of carbonyl (C=O) groups is 2. The number of anilines is 2. The summed E-state index contributed by atoms with van der Waals surface area (Å²) in [4.78, 5) is 48.4. The first-order valence-corrected chi connectivity index (χ1v) is 12.8. The van der Waals surface area contributed by atoms with Crippen LogP contribution >= 0.6 is 0 Å². The molecule has 0 aliphatic carbocycles.